The summed E-state index contributed by atoms with van der Waals surface area (Å²) in [6.07, 6.45) is 2.21. The van der Waals surface area contributed by atoms with Crippen molar-refractivity contribution in [1.82, 2.24) is 4.98 Å². The molecule has 1 heterocycles. The van der Waals surface area contributed by atoms with Gasteiger partial charge in [-0.3, -0.25) is 0 Å². The molecule has 1 aromatic heterocycles. The van der Waals surface area contributed by atoms with Crippen LogP contribution in [0.1, 0.15) is 15.9 Å². The second kappa shape index (κ2) is 3.38. The summed E-state index contributed by atoms with van der Waals surface area (Å²) in [5.74, 6) is -1.28. The Bertz CT molecular complexity index is 478. The van der Waals surface area contributed by atoms with Gasteiger partial charge in [0.15, 0.2) is 14.9 Å². The van der Waals surface area contributed by atoms with Crippen LogP contribution in [0.2, 0.25) is 0 Å². The number of carbonyl (C=O) groups is 1. The van der Waals surface area contributed by atoms with E-state index in [4.69, 9.17) is 5.11 Å². The number of aromatic carboxylic acids is 1. The quantitative estimate of drug-likeness (QED) is 0.776. The van der Waals surface area contributed by atoms with Crippen molar-refractivity contribution >= 4 is 15.8 Å². The molecule has 0 unspecified atom stereocenters. The van der Waals surface area contributed by atoms with E-state index in [0.29, 0.717) is 5.56 Å². The van der Waals surface area contributed by atoms with Gasteiger partial charge in [-0.15, -0.1) is 0 Å². The normalized spacial score (nSPS) is 11.3. The summed E-state index contributed by atoms with van der Waals surface area (Å²) in [5, 5.41) is 8.42. The Kier molecular flexibility index (Phi) is 2.57. The van der Waals surface area contributed by atoms with Crippen molar-refractivity contribution in [2.24, 2.45) is 0 Å². The van der Waals surface area contributed by atoms with E-state index in [2.05, 4.69) is 4.98 Å². The van der Waals surface area contributed by atoms with Crippen LogP contribution in [0.4, 0.5) is 0 Å². The molecule has 0 saturated heterocycles. The third-order valence-corrected chi connectivity index (χ3v) is 2.70. The summed E-state index contributed by atoms with van der Waals surface area (Å²) < 4.78 is 22.4. The summed E-state index contributed by atoms with van der Waals surface area (Å²) in [6.45, 7) is 1.53. The van der Waals surface area contributed by atoms with E-state index in [1.54, 1.807) is 0 Å². The molecule has 76 valence electrons. The second-order valence-corrected chi connectivity index (χ2v) is 4.82. The molecule has 1 N–H and O–H groups in total. The van der Waals surface area contributed by atoms with Crippen LogP contribution in [0.25, 0.3) is 0 Å². The van der Waals surface area contributed by atoms with Crippen molar-refractivity contribution in [2.75, 3.05) is 6.26 Å². The number of carboxylic acids is 1. The van der Waals surface area contributed by atoms with E-state index < -0.39 is 15.8 Å². The molecule has 0 bridgehead atoms. The number of sulfone groups is 1. The number of aryl methyl sites for hydroxylation is 1. The van der Waals surface area contributed by atoms with Crippen LogP contribution in [0, 0.1) is 6.92 Å². The molecule has 0 radical (unpaired) electrons. The van der Waals surface area contributed by atoms with Crippen LogP contribution >= 0.6 is 0 Å². The zero-order valence-corrected chi connectivity index (χ0v) is 8.50. The minimum Gasteiger partial charge on any atom is -0.478 e. The molecule has 0 atom stereocenters. The molecule has 1 rings (SSSR count). The Balaban J connectivity index is 3.61. The Hall–Kier alpha value is -1.43. The third kappa shape index (κ3) is 1.90. The number of nitrogens with zero attached hydrogens (tertiary/aromatic N) is 1. The minimum atomic E-state index is -3.59. The molecule has 0 saturated carbocycles. The number of hydrogen-bond acceptors (Lipinski definition) is 4. The van der Waals surface area contributed by atoms with Gasteiger partial charge >= 0.3 is 5.97 Å². The van der Waals surface area contributed by atoms with Crippen molar-refractivity contribution < 1.29 is 18.3 Å². The fraction of sp³-hybridized carbons (Fsp3) is 0.250. The molecule has 0 aromatic carbocycles. The van der Waals surface area contributed by atoms with E-state index in [1.807, 2.05) is 0 Å². The van der Waals surface area contributed by atoms with Gasteiger partial charge in [-0.05, 0) is 18.6 Å². The largest absolute Gasteiger partial charge is 0.478 e. The Morgan fingerprint density at radius 1 is 1.50 bits per heavy atom. The predicted molar refractivity (Wildman–Crippen MR) is 49.0 cm³/mol. The second-order valence-electron chi connectivity index (χ2n) is 2.89. The van der Waals surface area contributed by atoms with Gasteiger partial charge < -0.3 is 5.11 Å². The number of hydrogen-bond donors (Lipinski definition) is 1. The molecule has 0 fully saturated rings. The highest BCUT2D eigenvalue weighted by atomic mass is 32.2. The molecule has 0 spiro atoms. The molecule has 6 heteroatoms. The van der Waals surface area contributed by atoms with Crippen LogP contribution < -0.4 is 0 Å². The highest BCUT2D eigenvalue weighted by Gasteiger charge is 2.21. The fourth-order valence-electron chi connectivity index (χ4n) is 1.07. The van der Waals surface area contributed by atoms with Crippen molar-refractivity contribution in [3.63, 3.8) is 0 Å². The molecule has 5 nitrogen and oxygen atoms in total. The van der Waals surface area contributed by atoms with Crippen LogP contribution in [0.5, 0.6) is 0 Å². The Labute approximate surface area is 81.3 Å². The average molecular weight is 215 g/mol. The highest BCUT2D eigenvalue weighted by molar-refractivity contribution is 7.90. The van der Waals surface area contributed by atoms with Gasteiger partial charge in [0.25, 0.3) is 0 Å². The standard InChI is InChI=1S/C8H9NO4S/c1-5-3-4-9-7(14(2,12)13)6(5)8(10)11/h3-4H,1-2H3,(H,10,11). The van der Waals surface area contributed by atoms with Crippen LogP contribution in [-0.4, -0.2) is 30.7 Å². The Morgan fingerprint density at radius 3 is 2.43 bits per heavy atom. The molecule has 14 heavy (non-hydrogen) atoms. The molecule has 0 aliphatic carbocycles. The first-order chi connectivity index (χ1) is 6.34. The number of aromatic nitrogens is 1. The van der Waals surface area contributed by atoms with Crippen molar-refractivity contribution in [1.29, 1.82) is 0 Å². The fourth-order valence-corrected chi connectivity index (χ4v) is 1.95. The zero-order valence-electron chi connectivity index (χ0n) is 7.68. The molecule has 0 aliphatic rings. The maximum absolute atomic E-state index is 11.2. The van der Waals surface area contributed by atoms with E-state index >= 15 is 0 Å². The first-order valence-corrected chi connectivity index (χ1v) is 5.62. The monoisotopic (exact) mass is 215 g/mol. The minimum absolute atomic E-state index is 0.255. The number of pyridine rings is 1. The Morgan fingerprint density at radius 2 is 2.07 bits per heavy atom. The van der Waals surface area contributed by atoms with E-state index in [9.17, 15) is 13.2 Å². The third-order valence-electron chi connectivity index (χ3n) is 1.69. The SMILES string of the molecule is Cc1ccnc(S(C)(=O)=O)c1C(=O)O. The highest BCUT2D eigenvalue weighted by Crippen LogP contribution is 2.16. The van der Waals surface area contributed by atoms with Crippen LogP contribution in [0.3, 0.4) is 0 Å². The van der Waals surface area contributed by atoms with Gasteiger partial charge in [0, 0.05) is 12.5 Å². The van der Waals surface area contributed by atoms with Gasteiger partial charge in [0.1, 0.15) is 0 Å². The lowest BCUT2D eigenvalue weighted by atomic mass is 10.2. The lowest BCUT2D eigenvalue weighted by Gasteiger charge is -2.04. The lowest BCUT2D eigenvalue weighted by Crippen LogP contribution is -2.11. The zero-order chi connectivity index (χ0) is 10.9. The van der Waals surface area contributed by atoms with E-state index in [1.165, 1.54) is 19.2 Å². The molecule has 0 amide bonds. The molecular formula is C8H9NO4S. The smallest absolute Gasteiger partial charge is 0.338 e. The number of rotatable bonds is 2. The lowest BCUT2D eigenvalue weighted by molar-refractivity contribution is 0.0691. The predicted octanol–water partition coefficient (Wildman–Crippen LogP) is 0.492. The molecular weight excluding hydrogens is 206 g/mol. The van der Waals surface area contributed by atoms with E-state index in [0.717, 1.165) is 6.26 Å². The van der Waals surface area contributed by atoms with Crippen molar-refractivity contribution in [3.8, 4) is 0 Å². The topological polar surface area (TPSA) is 84.3 Å². The molecule has 1 aromatic rings. The number of carboxylic acid groups (broad SMARTS) is 1. The first kappa shape index (κ1) is 10.6. The van der Waals surface area contributed by atoms with Crippen molar-refractivity contribution in [2.45, 2.75) is 11.9 Å². The van der Waals surface area contributed by atoms with E-state index in [-0.39, 0.29) is 10.6 Å². The van der Waals surface area contributed by atoms with Gasteiger partial charge in [0.2, 0.25) is 0 Å². The van der Waals surface area contributed by atoms with Crippen molar-refractivity contribution in [3.05, 3.63) is 23.4 Å². The summed E-state index contributed by atoms with van der Waals surface area (Å²) in [6, 6.07) is 1.46. The van der Waals surface area contributed by atoms with Crippen LogP contribution in [0.15, 0.2) is 17.3 Å². The average Bonchev–Trinajstić information content (AvgIpc) is 2.01. The maximum atomic E-state index is 11.2. The van der Waals surface area contributed by atoms with Crippen LogP contribution in [-0.2, 0) is 9.84 Å². The van der Waals surface area contributed by atoms with Gasteiger partial charge in [-0.2, -0.15) is 0 Å². The van der Waals surface area contributed by atoms with Gasteiger partial charge in [0.05, 0.1) is 5.56 Å². The summed E-state index contributed by atoms with van der Waals surface area (Å²) in [4.78, 5) is 14.3. The van der Waals surface area contributed by atoms with Gasteiger partial charge in [-0.25, -0.2) is 18.2 Å². The summed E-state index contributed by atoms with van der Waals surface area (Å²) in [7, 11) is -3.59. The molecule has 0 aliphatic heterocycles. The summed E-state index contributed by atoms with van der Waals surface area (Å²) in [5.41, 5.74) is 0.128. The first-order valence-electron chi connectivity index (χ1n) is 3.73. The van der Waals surface area contributed by atoms with Gasteiger partial charge in [-0.1, -0.05) is 0 Å². The maximum Gasteiger partial charge on any atom is 0.338 e. The summed E-state index contributed by atoms with van der Waals surface area (Å²) >= 11 is 0.